The van der Waals surface area contributed by atoms with Crippen LogP contribution in [0.4, 0.5) is 0 Å². The highest BCUT2D eigenvalue weighted by atomic mass is 35.5. The molecule has 0 spiro atoms. The van der Waals surface area contributed by atoms with Gasteiger partial charge in [-0.2, -0.15) is 0 Å². The van der Waals surface area contributed by atoms with Gasteiger partial charge in [-0.1, -0.05) is 11.6 Å². The first kappa shape index (κ1) is 11.0. The van der Waals surface area contributed by atoms with Crippen molar-refractivity contribution < 1.29 is 9.90 Å². The van der Waals surface area contributed by atoms with Gasteiger partial charge in [0.2, 0.25) is 0 Å². The van der Waals surface area contributed by atoms with Crippen molar-refractivity contribution in [1.82, 2.24) is 4.57 Å². The maximum Gasteiger partial charge on any atom is 0.335 e. The molecule has 0 aliphatic heterocycles. The summed E-state index contributed by atoms with van der Waals surface area (Å²) < 4.78 is 1.97. The van der Waals surface area contributed by atoms with E-state index in [1.165, 1.54) is 0 Å². The average molecular weight is 238 g/mol. The van der Waals surface area contributed by atoms with Crippen LogP contribution in [0, 0.1) is 0 Å². The molecule has 1 heterocycles. The fourth-order valence-corrected chi connectivity index (χ4v) is 2.26. The van der Waals surface area contributed by atoms with E-state index in [0.717, 1.165) is 10.9 Å². The molecule has 2 aromatic rings. The van der Waals surface area contributed by atoms with Crippen molar-refractivity contribution in [3.63, 3.8) is 0 Å². The summed E-state index contributed by atoms with van der Waals surface area (Å²) in [7, 11) is 0. The molecule has 84 valence electrons. The van der Waals surface area contributed by atoms with Gasteiger partial charge in [-0.3, -0.25) is 0 Å². The van der Waals surface area contributed by atoms with Crippen molar-refractivity contribution in [2.45, 2.75) is 19.9 Å². The molecule has 16 heavy (non-hydrogen) atoms. The predicted molar refractivity (Wildman–Crippen MR) is 64.3 cm³/mol. The second kappa shape index (κ2) is 3.83. The predicted octanol–water partition coefficient (Wildman–Crippen LogP) is 3.57. The lowest BCUT2D eigenvalue weighted by molar-refractivity contribution is 0.0697. The first-order valence-electron chi connectivity index (χ1n) is 5.04. The van der Waals surface area contributed by atoms with Crippen molar-refractivity contribution in [3.8, 4) is 0 Å². The molecule has 0 radical (unpaired) electrons. The number of hydrogen-bond acceptors (Lipinski definition) is 1. The molecule has 2 rings (SSSR count). The Bertz CT molecular complexity index is 557. The molecular formula is C12H12ClNO2. The summed E-state index contributed by atoms with van der Waals surface area (Å²) in [6.45, 7) is 4.08. The normalized spacial score (nSPS) is 11.2. The highest BCUT2D eigenvalue weighted by Gasteiger charge is 2.11. The summed E-state index contributed by atoms with van der Waals surface area (Å²) in [6, 6.07) is 7.08. The zero-order valence-electron chi connectivity index (χ0n) is 9.07. The quantitative estimate of drug-likeness (QED) is 0.868. The van der Waals surface area contributed by atoms with Gasteiger partial charge in [-0.05, 0) is 38.1 Å². The number of aromatic carboxylic acids is 1. The third-order valence-electron chi connectivity index (χ3n) is 2.56. The largest absolute Gasteiger partial charge is 0.478 e. The monoisotopic (exact) mass is 237 g/mol. The molecule has 4 heteroatoms. The number of carbonyl (C=O) groups is 1. The fraction of sp³-hybridized carbons (Fsp3) is 0.250. The lowest BCUT2D eigenvalue weighted by Gasteiger charge is -2.10. The molecule has 0 amide bonds. The van der Waals surface area contributed by atoms with Gasteiger partial charge in [0.05, 0.1) is 5.56 Å². The van der Waals surface area contributed by atoms with Gasteiger partial charge in [0.15, 0.2) is 0 Å². The fourth-order valence-electron chi connectivity index (χ4n) is 1.86. The van der Waals surface area contributed by atoms with E-state index >= 15 is 0 Å². The summed E-state index contributed by atoms with van der Waals surface area (Å²) in [6.07, 6.45) is 0. The molecule has 0 fully saturated rings. The van der Waals surface area contributed by atoms with Crippen molar-refractivity contribution in [2.24, 2.45) is 0 Å². The summed E-state index contributed by atoms with van der Waals surface area (Å²) in [5.74, 6) is -0.921. The number of rotatable bonds is 2. The maximum atomic E-state index is 10.8. The summed E-state index contributed by atoms with van der Waals surface area (Å²) in [5, 5.41) is 10.4. The van der Waals surface area contributed by atoms with Crippen LogP contribution < -0.4 is 0 Å². The van der Waals surface area contributed by atoms with Crippen molar-refractivity contribution in [2.75, 3.05) is 0 Å². The minimum Gasteiger partial charge on any atom is -0.478 e. The van der Waals surface area contributed by atoms with Crippen LogP contribution in [0.15, 0.2) is 24.3 Å². The highest BCUT2D eigenvalue weighted by Crippen LogP contribution is 2.28. The molecule has 0 bridgehead atoms. The van der Waals surface area contributed by atoms with Crippen LogP contribution in [0.2, 0.25) is 5.15 Å². The van der Waals surface area contributed by atoms with Crippen LogP contribution in [-0.2, 0) is 0 Å². The summed E-state index contributed by atoms with van der Waals surface area (Å²) in [4.78, 5) is 10.8. The number of carboxylic acids is 1. The number of hydrogen-bond donors (Lipinski definition) is 1. The summed E-state index contributed by atoms with van der Waals surface area (Å²) >= 11 is 6.11. The number of fused-ring (bicyclic) bond motifs is 1. The van der Waals surface area contributed by atoms with Crippen LogP contribution >= 0.6 is 11.6 Å². The Labute approximate surface area is 98.3 Å². The Morgan fingerprint density at radius 3 is 2.62 bits per heavy atom. The van der Waals surface area contributed by atoms with Crippen molar-refractivity contribution >= 4 is 28.5 Å². The Kier molecular flexibility index (Phi) is 2.64. The van der Waals surface area contributed by atoms with Gasteiger partial charge in [0.1, 0.15) is 5.15 Å². The van der Waals surface area contributed by atoms with Gasteiger partial charge in [-0.15, -0.1) is 0 Å². The van der Waals surface area contributed by atoms with Crippen LogP contribution in [0.25, 0.3) is 10.9 Å². The lowest BCUT2D eigenvalue weighted by atomic mass is 10.1. The lowest BCUT2D eigenvalue weighted by Crippen LogP contribution is -2.00. The molecule has 0 saturated carbocycles. The second-order valence-corrected chi connectivity index (χ2v) is 4.40. The number of carboxylic acid groups (broad SMARTS) is 1. The minimum absolute atomic E-state index is 0.251. The van der Waals surface area contributed by atoms with E-state index in [1.807, 2.05) is 18.4 Å². The molecule has 0 saturated heterocycles. The molecule has 0 unspecified atom stereocenters. The Morgan fingerprint density at radius 2 is 2.06 bits per heavy atom. The van der Waals surface area contributed by atoms with E-state index in [9.17, 15) is 4.79 Å². The standard InChI is InChI=1S/C12H12ClNO2/c1-7(2)14-10-4-3-8(12(15)16)5-9(10)6-11(14)13/h3-7H,1-2H3,(H,15,16). The van der Waals surface area contributed by atoms with E-state index in [4.69, 9.17) is 16.7 Å². The average Bonchev–Trinajstić information content (AvgIpc) is 2.51. The second-order valence-electron chi connectivity index (χ2n) is 4.01. The molecule has 0 aliphatic rings. The Hall–Kier alpha value is -1.48. The molecule has 0 atom stereocenters. The Balaban J connectivity index is 2.70. The molecular weight excluding hydrogens is 226 g/mol. The topological polar surface area (TPSA) is 42.2 Å². The zero-order valence-corrected chi connectivity index (χ0v) is 9.82. The molecule has 3 nitrogen and oxygen atoms in total. The number of halogens is 1. The third kappa shape index (κ3) is 1.67. The number of aromatic nitrogens is 1. The first-order chi connectivity index (χ1) is 7.50. The minimum atomic E-state index is -0.921. The Morgan fingerprint density at radius 1 is 1.38 bits per heavy atom. The van der Waals surface area contributed by atoms with E-state index in [-0.39, 0.29) is 11.6 Å². The van der Waals surface area contributed by atoms with Crippen LogP contribution in [0.1, 0.15) is 30.2 Å². The van der Waals surface area contributed by atoms with Gasteiger partial charge in [0, 0.05) is 16.9 Å². The summed E-state index contributed by atoms with van der Waals surface area (Å²) in [5.41, 5.74) is 1.25. The molecule has 0 aliphatic carbocycles. The highest BCUT2D eigenvalue weighted by molar-refractivity contribution is 6.31. The van der Waals surface area contributed by atoms with E-state index in [0.29, 0.717) is 5.15 Å². The van der Waals surface area contributed by atoms with Gasteiger partial charge < -0.3 is 9.67 Å². The van der Waals surface area contributed by atoms with Gasteiger partial charge in [-0.25, -0.2) is 4.79 Å². The maximum absolute atomic E-state index is 10.8. The smallest absolute Gasteiger partial charge is 0.335 e. The van der Waals surface area contributed by atoms with Crippen LogP contribution in [0.3, 0.4) is 0 Å². The number of nitrogens with zero attached hydrogens (tertiary/aromatic N) is 1. The van der Waals surface area contributed by atoms with Crippen molar-refractivity contribution in [1.29, 1.82) is 0 Å². The van der Waals surface area contributed by atoms with Gasteiger partial charge in [0.25, 0.3) is 0 Å². The third-order valence-corrected chi connectivity index (χ3v) is 2.85. The van der Waals surface area contributed by atoms with E-state index in [1.54, 1.807) is 24.3 Å². The SMILES string of the molecule is CC(C)n1c(Cl)cc2cc(C(=O)O)ccc21. The van der Waals surface area contributed by atoms with E-state index in [2.05, 4.69) is 0 Å². The van der Waals surface area contributed by atoms with Gasteiger partial charge >= 0.3 is 5.97 Å². The first-order valence-corrected chi connectivity index (χ1v) is 5.42. The van der Waals surface area contributed by atoms with E-state index < -0.39 is 5.97 Å². The molecule has 1 N–H and O–H groups in total. The van der Waals surface area contributed by atoms with Crippen LogP contribution in [-0.4, -0.2) is 15.6 Å². The zero-order chi connectivity index (χ0) is 11.9. The number of benzene rings is 1. The van der Waals surface area contributed by atoms with Crippen LogP contribution in [0.5, 0.6) is 0 Å². The molecule has 1 aromatic heterocycles. The molecule has 1 aromatic carbocycles. The van der Waals surface area contributed by atoms with Crippen molar-refractivity contribution in [3.05, 3.63) is 35.0 Å².